The van der Waals surface area contributed by atoms with Gasteiger partial charge >= 0.3 is 5.69 Å². The van der Waals surface area contributed by atoms with Crippen LogP contribution in [0.1, 0.15) is 12.0 Å². The second-order valence-electron chi connectivity index (χ2n) is 3.19. The van der Waals surface area contributed by atoms with Crippen LogP contribution in [-0.2, 0) is 4.84 Å². The zero-order chi connectivity index (χ0) is 11.5. The first-order valence-electron chi connectivity index (χ1n) is 4.68. The fourth-order valence-corrected chi connectivity index (χ4v) is 1.51. The van der Waals surface area contributed by atoms with Crippen molar-refractivity contribution in [2.75, 3.05) is 18.2 Å². The minimum Gasteiger partial charge on any atom is -0.272 e. The van der Waals surface area contributed by atoms with E-state index < -0.39 is 4.92 Å². The summed E-state index contributed by atoms with van der Waals surface area (Å²) in [5.41, 5.74) is -0.308. The van der Waals surface area contributed by atoms with Gasteiger partial charge in [0.15, 0.2) is 0 Å². The summed E-state index contributed by atoms with van der Waals surface area (Å²) in [6.45, 7) is 1.05. The molecule has 1 aromatic rings. The fraction of sp³-hybridized carbons (Fsp3) is 0.333. The highest BCUT2D eigenvalue weighted by Gasteiger charge is 2.28. The van der Waals surface area contributed by atoms with E-state index in [4.69, 9.17) is 10.1 Å². The standard InChI is InChI=1S/C9H8N4O3/c10-6-7-2-3-11-9(8(7)13(14)15)12-4-1-5-16-12/h2-3H,1,4-5H2. The Balaban J connectivity index is 2.51. The normalized spacial score (nSPS) is 14.8. The molecule has 1 saturated heterocycles. The number of hydrogen-bond donors (Lipinski definition) is 0. The zero-order valence-electron chi connectivity index (χ0n) is 8.29. The molecule has 2 heterocycles. The number of nitriles is 1. The van der Waals surface area contributed by atoms with Gasteiger partial charge in [-0.25, -0.2) is 10.0 Å². The fourth-order valence-electron chi connectivity index (χ4n) is 1.51. The van der Waals surface area contributed by atoms with Crippen LogP contribution in [0.25, 0.3) is 0 Å². The van der Waals surface area contributed by atoms with Gasteiger partial charge in [-0.15, -0.1) is 0 Å². The number of anilines is 1. The molecular weight excluding hydrogens is 212 g/mol. The molecule has 0 amide bonds. The molecule has 7 heteroatoms. The molecule has 0 aromatic carbocycles. The Hall–Kier alpha value is -2.20. The molecule has 0 bridgehead atoms. The van der Waals surface area contributed by atoms with Gasteiger partial charge in [-0.05, 0) is 12.5 Å². The van der Waals surface area contributed by atoms with Gasteiger partial charge in [-0.1, -0.05) is 0 Å². The van der Waals surface area contributed by atoms with Crippen LogP contribution in [0.5, 0.6) is 0 Å². The number of nitrogens with zero attached hydrogens (tertiary/aromatic N) is 4. The van der Waals surface area contributed by atoms with Crippen LogP contribution in [-0.4, -0.2) is 23.1 Å². The smallest absolute Gasteiger partial charge is 0.272 e. The van der Waals surface area contributed by atoms with Gasteiger partial charge in [0.2, 0.25) is 5.82 Å². The lowest BCUT2D eigenvalue weighted by Gasteiger charge is -2.14. The lowest BCUT2D eigenvalue weighted by molar-refractivity contribution is -0.384. The maximum Gasteiger partial charge on any atom is 0.331 e. The van der Waals surface area contributed by atoms with E-state index in [9.17, 15) is 10.1 Å². The summed E-state index contributed by atoms with van der Waals surface area (Å²) < 4.78 is 0. The monoisotopic (exact) mass is 220 g/mol. The summed E-state index contributed by atoms with van der Waals surface area (Å²) in [6.07, 6.45) is 2.15. The zero-order valence-corrected chi connectivity index (χ0v) is 8.29. The first-order chi connectivity index (χ1) is 7.74. The van der Waals surface area contributed by atoms with Crippen LogP contribution in [0.2, 0.25) is 0 Å². The highest BCUT2D eigenvalue weighted by atomic mass is 16.7. The highest BCUT2D eigenvalue weighted by molar-refractivity contribution is 5.64. The van der Waals surface area contributed by atoms with Crippen molar-refractivity contribution in [2.45, 2.75) is 6.42 Å². The Morgan fingerprint density at radius 3 is 3.06 bits per heavy atom. The molecule has 0 radical (unpaired) electrons. The summed E-state index contributed by atoms with van der Waals surface area (Å²) in [4.78, 5) is 19.4. The molecule has 0 N–H and O–H groups in total. The number of hydroxylamine groups is 1. The van der Waals surface area contributed by atoms with E-state index >= 15 is 0 Å². The molecule has 1 aliphatic heterocycles. The summed E-state index contributed by atoms with van der Waals surface area (Å²) in [5, 5.41) is 21.0. The van der Waals surface area contributed by atoms with Crippen molar-refractivity contribution in [3.05, 3.63) is 27.9 Å². The molecule has 0 unspecified atom stereocenters. The maximum atomic E-state index is 10.9. The first-order valence-corrected chi connectivity index (χ1v) is 4.68. The van der Waals surface area contributed by atoms with E-state index in [1.165, 1.54) is 17.3 Å². The average Bonchev–Trinajstić information content (AvgIpc) is 2.81. The molecule has 7 nitrogen and oxygen atoms in total. The predicted molar refractivity (Wildman–Crippen MR) is 53.5 cm³/mol. The number of nitro groups is 1. The summed E-state index contributed by atoms with van der Waals surface area (Å²) >= 11 is 0. The molecule has 1 aliphatic rings. The largest absolute Gasteiger partial charge is 0.331 e. The van der Waals surface area contributed by atoms with Crippen molar-refractivity contribution in [2.24, 2.45) is 0 Å². The maximum absolute atomic E-state index is 10.9. The Morgan fingerprint density at radius 2 is 2.50 bits per heavy atom. The molecule has 1 aromatic heterocycles. The molecule has 0 atom stereocenters. The predicted octanol–water partition coefficient (Wildman–Crippen LogP) is 1.00. The van der Waals surface area contributed by atoms with Gasteiger partial charge in [0.1, 0.15) is 11.6 Å². The van der Waals surface area contributed by atoms with Gasteiger partial charge in [0.05, 0.1) is 11.5 Å². The van der Waals surface area contributed by atoms with Gasteiger partial charge in [-0.3, -0.25) is 15.0 Å². The van der Waals surface area contributed by atoms with Crippen LogP contribution in [0.3, 0.4) is 0 Å². The summed E-state index contributed by atoms with van der Waals surface area (Å²) in [5.74, 6) is 0.0987. The van der Waals surface area contributed by atoms with Gasteiger partial charge in [0, 0.05) is 12.7 Å². The first kappa shape index (κ1) is 10.3. The quantitative estimate of drug-likeness (QED) is 0.545. The van der Waals surface area contributed by atoms with E-state index in [-0.39, 0.29) is 17.1 Å². The van der Waals surface area contributed by atoms with Crippen molar-refractivity contribution in [3.8, 4) is 6.07 Å². The van der Waals surface area contributed by atoms with Gasteiger partial charge in [0.25, 0.3) is 0 Å². The second-order valence-corrected chi connectivity index (χ2v) is 3.19. The number of pyridine rings is 1. The van der Waals surface area contributed by atoms with Crippen molar-refractivity contribution in [1.29, 1.82) is 5.26 Å². The average molecular weight is 220 g/mol. The van der Waals surface area contributed by atoms with Crippen LogP contribution < -0.4 is 5.06 Å². The second kappa shape index (κ2) is 4.12. The topological polar surface area (TPSA) is 92.3 Å². The lowest BCUT2D eigenvalue weighted by atomic mass is 10.2. The third kappa shape index (κ3) is 1.66. The van der Waals surface area contributed by atoms with Gasteiger partial charge in [-0.2, -0.15) is 5.26 Å². The van der Waals surface area contributed by atoms with E-state index in [0.29, 0.717) is 13.2 Å². The molecule has 82 valence electrons. The molecule has 0 saturated carbocycles. The SMILES string of the molecule is N#Cc1ccnc(N2CCCO2)c1[N+](=O)[O-]. The highest BCUT2D eigenvalue weighted by Crippen LogP contribution is 2.30. The summed E-state index contributed by atoms with van der Waals surface area (Å²) in [7, 11) is 0. The molecule has 0 aliphatic carbocycles. The molecule has 1 fully saturated rings. The third-order valence-electron chi connectivity index (χ3n) is 2.20. The Morgan fingerprint density at radius 1 is 1.69 bits per heavy atom. The molecule has 2 rings (SSSR count). The van der Waals surface area contributed by atoms with Crippen LogP contribution in [0.15, 0.2) is 12.3 Å². The molecule has 0 spiro atoms. The van der Waals surface area contributed by atoms with Crippen LogP contribution in [0.4, 0.5) is 11.5 Å². The van der Waals surface area contributed by atoms with Gasteiger partial charge < -0.3 is 0 Å². The number of hydrogen-bond acceptors (Lipinski definition) is 6. The van der Waals surface area contributed by atoms with E-state index in [2.05, 4.69) is 4.98 Å². The number of aromatic nitrogens is 1. The van der Waals surface area contributed by atoms with Crippen molar-refractivity contribution >= 4 is 11.5 Å². The minimum absolute atomic E-state index is 0.00880. The van der Waals surface area contributed by atoms with Crippen LogP contribution in [0, 0.1) is 21.4 Å². The van der Waals surface area contributed by atoms with Crippen molar-refractivity contribution < 1.29 is 9.76 Å². The molecular formula is C9H8N4O3. The summed E-state index contributed by atoms with van der Waals surface area (Å²) in [6, 6.07) is 3.09. The number of rotatable bonds is 2. The van der Waals surface area contributed by atoms with Crippen LogP contribution >= 0.6 is 0 Å². The van der Waals surface area contributed by atoms with E-state index in [0.717, 1.165) is 6.42 Å². The van der Waals surface area contributed by atoms with E-state index in [1.807, 2.05) is 0 Å². The van der Waals surface area contributed by atoms with Crippen molar-refractivity contribution in [1.82, 2.24) is 4.98 Å². The van der Waals surface area contributed by atoms with E-state index in [1.54, 1.807) is 6.07 Å². The Kier molecular flexibility index (Phi) is 2.66. The molecule has 16 heavy (non-hydrogen) atoms. The minimum atomic E-state index is -0.609. The Bertz CT molecular complexity index is 462. The Labute approximate surface area is 91.0 Å². The van der Waals surface area contributed by atoms with Crippen molar-refractivity contribution in [3.63, 3.8) is 0 Å². The lowest BCUT2D eigenvalue weighted by Crippen LogP contribution is -2.19. The third-order valence-corrected chi connectivity index (χ3v) is 2.20.